The predicted molar refractivity (Wildman–Crippen MR) is 113 cm³/mol. The second kappa shape index (κ2) is 7.39. The molecule has 0 bridgehead atoms. The number of aromatic nitrogens is 1. The fourth-order valence-electron chi connectivity index (χ4n) is 4.70. The molecule has 6 heteroatoms. The maximum atomic E-state index is 12.8. The van der Waals surface area contributed by atoms with Crippen LogP contribution in [0.2, 0.25) is 0 Å². The molecule has 1 amide bonds. The number of hydrogen-bond donors (Lipinski definition) is 1. The van der Waals surface area contributed by atoms with E-state index < -0.39 is 5.60 Å². The fraction of sp³-hybridized carbons (Fsp3) is 0.455. The molecule has 2 fully saturated rings. The van der Waals surface area contributed by atoms with E-state index in [1.807, 2.05) is 43.1 Å². The summed E-state index contributed by atoms with van der Waals surface area (Å²) < 4.78 is 6.63. The molecule has 1 aromatic heterocycles. The van der Waals surface area contributed by atoms with E-state index in [1.54, 1.807) is 0 Å². The van der Waals surface area contributed by atoms with Gasteiger partial charge in [-0.2, -0.15) is 0 Å². The number of anilines is 1. The van der Waals surface area contributed by atoms with Crippen molar-refractivity contribution in [3.8, 4) is 0 Å². The van der Waals surface area contributed by atoms with E-state index in [9.17, 15) is 4.79 Å². The topological polar surface area (TPSA) is 68.5 Å². The van der Waals surface area contributed by atoms with Crippen LogP contribution in [0.25, 0.3) is 0 Å². The number of halogens is 1. The SMILES string of the molecule is CC1(C)OC(=O)N(C2CCC(c3cnc(N)c(Br)c3)CC2)[C@H]1c1ccccc1. The molecule has 4 rings (SSSR count). The number of pyridine rings is 1. The molecule has 1 aromatic carbocycles. The predicted octanol–water partition coefficient (Wildman–Crippen LogP) is 5.42. The molecular formula is C22H26BrN3O2. The first kappa shape index (κ1) is 19.2. The molecule has 0 unspecified atom stereocenters. The Morgan fingerprint density at radius 1 is 1.14 bits per heavy atom. The van der Waals surface area contributed by atoms with Crippen LogP contribution in [0.15, 0.2) is 47.1 Å². The number of rotatable bonds is 3. The number of carbonyl (C=O) groups is 1. The highest BCUT2D eigenvalue weighted by Gasteiger charge is 2.51. The standard InChI is InChI=1S/C22H26BrN3O2/c1-22(2)19(15-6-4-3-5-7-15)26(21(27)28-22)17-10-8-14(9-11-17)16-12-18(23)20(24)25-13-16/h3-7,12-14,17,19H,8-11H2,1-2H3,(H2,24,25)/t14?,17?,19-/m0/s1. The lowest BCUT2D eigenvalue weighted by atomic mass is 9.80. The molecule has 148 valence electrons. The van der Waals surface area contributed by atoms with Crippen LogP contribution in [0.1, 0.15) is 62.6 Å². The summed E-state index contributed by atoms with van der Waals surface area (Å²) in [5, 5.41) is 0. The third kappa shape index (κ3) is 3.50. The van der Waals surface area contributed by atoms with Gasteiger partial charge in [0.2, 0.25) is 0 Å². The van der Waals surface area contributed by atoms with Crippen molar-refractivity contribution in [2.45, 2.75) is 63.1 Å². The van der Waals surface area contributed by atoms with Crippen molar-refractivity contribution in [1.82, 2.24) is 9.88 Å². The molecular weight excluding hydrogens is 418 g/mol. The molecule has 0 spiro atoms. The fourth-order valence-corrected chi connectivity index (χ4v) is 5.07. The van der Waals surface area contributed by atoms with Crippen molar-refractivity contribution in [2.75, 3.05) is 5.73 Å². The summed E-state index contributed by atoms with van der Waals surface area (Å²) in [6.07, 6.45) is 5.65. The average Bonchev–Trinajstić information content (AvgIpc) is 2.93. The Morgan fingerprint density at radius 3 is 2.46 bits per heavy atom. The van der Waals surface area contributed by atoms with Crippen molar-refractivity contribution >= 4 is 27.8 Å². The normalized spacial score (nSPS) is 26.9. The molecule has 2 aromatic rings. The van der Waals surface area contributed by atoms with Gasteiger partial charge >= 0.3 is 6.09 Å². The summed E-state index contributed by atoms with van der Waals surface area (Å²) in [5.41, 5.74) is 7.62. The van der Waals surface area contributed by atoms with Crippen LogP contribution in [-0.2, 0) is 4.74 Å². The van der Waals surface area contributed by atoms with Crippen molar-refractivity contribution in [3.63, 3.8) is 0 Å². The number of nitrogens with zero attached hydrogens (tertiary/aromatic N) is 2. The molecule has 2 heterocycles. The number of nitrogen functional groups attached to an aromatic ring is 1. The van der Waals surface area contributed by atoms with Gasteiger partial charge in [-0.1, -0.05) is 30.3 Å². The molecule has 5 nitrogen and oxygen atoms in total. The Balaban J connectivity index is 1.52. The maximum absolute atomic E-state index is 12.8. The Morgan fingerprint density at radius 2 is 1.82 bits per heavy atom. The van der Waals surface area contributed by atoms with Crippen LogP contribution in [0.5, 0.6) is 0 Å². The zero-order chi connectivity index (χ0) is 19.9. The summed E-state index contributed by atoms with van der Waals surface area (Å²) in [4.78, 5) is 19.0. The van der Waals surface area contributed by atoms with Crippen LogP contribution in [-0.4, -0.2) is 27.6 Å². The summed E-state index contributed by atoms with van der Waals surface area (Å²) >= 11 is 3.48. The van der Waals surface area contributed by atoms with E-state index in [0.29, 0.717) is 11.7 Å². The Hall–Kier alpha value is -2.08. The molecule has 1 saturated heterocycles. The zero-order valence-corrected chi connectivity index (χ0v) is 17.9. The summed E-state index contributed by atoms with van der Waals surface area (Å²) in [6.45, 7) is 4.01. The van der Waals surface area contributed by atoms with Crippen molar-refractivity contribution < 1.29 is 9.53 Å². The Bertz CT molecular complexity index is 863. The van der Waals surface area contributed by atoms with Gasteiger partial charge in [0.1, 0.15) is 11.4 Å². The van der Waals surface area contributed by atoms with Gasteiger partial charge < -0.3 is 10.5 Å². The molecule has 0 radical (unpaired) electrons. The maximum Gasteiger partial charge on any atom is 0.411 e. The third-order valence-electron chi connectivity index (χ3n) is 6.07. The first-order chi connectivity index (χ1) is 13.4. The van der Waals surface area contributed by atoms with Gasteiger partial charge in [0.05, 0.1) is 10.5 Å². The Kier molecular flexibility index (Phi) is 5.08. The van der Waals surface area contributed by atoms with Crippen molar-refractivity contribution in [2.24, 2.45) is 0 Å². The second-order valence-electron chi connectivity index (χ2n) is 8.33. The third-order valence-corrected chi connectivity index (χ3v) is 6.70. The minimum absolute atomic E-state index is 0.0601. The van der Waals surface area contributed by atoms with E-state index in [2.05, 4.69) is 39.1 Å². The van der Waals surface area contributed by atoms with Gasteiger partial charge in [0, 0.05) is 12.2 Å². The average molecular weight is 444 g/mol. The van der Waals surface area contributed by atoms with Gasteiger partial charge in [-0.15, -0.1) is 0 Å². The van der Waals surface area contributed by atoms with E-state index in [4.69, 9.17) is 10.5 Å². The zero-order valence-electron chi connectivity index (χ0n) is 16.3. The highest BCUT2D eigenvalue weighted by molar-refractivity contribution is 9.10. The van der Waals surface area contributed by atoms with Crippen LogP contribution >= 0.6 is 15.9 Å². The molecule has 1 aliphatic carbocycles. The van der Waals surface area contributed by atoms with E-state index >= 15 is 0 Å². The smallest absolute Gasteiger partial charge is 0.411 e. The van der Waals surface area contributed by atoms with Crippen LogP contribution in [0, 0.1) is 0 Å². The van der Waals surface area contributed by atoms with Crippen LogP contribution in [0.4, 0.5) is 10.6 Å². The highest BCUT2D eigenvalue weighted by atomic mass is 79.9. The number of carbonyl (C=O) groups excluding carboxylic acids is 1. The quantitative estimate of drug-likeness (QED) is 0.686. The minimum Gasteiger partial charge on any atom is -0.441 e. The number of cyclic esters (lactones) is 1. The van der Waals surface area contributed by atoms with Gasteiger partial charge in [0.15, 0.2) is 0 Å². The van der Waals surface area contributed by atoms with E-state index in [1.165, 1.54) is 5.56 Å². The molecule has 1 saturated carbocycles. The van der Waals surface area contributed by atoms with Crippen molar-refractivity contribution in [3.05, 3.63) is 58.2 Å². The molecule has 1 aliphatic heterocycles. The summed E-state index contributed by atoms with van der Waals surface area (Å²) in [5.74, 6) is 0.965. The number of ether oxygens (including phenoxy) is 1. The number of amides is 1. The summed E-state index contributed by atoms with van der Waals surface area (Å²) in [7, 11) is 0. The molecule has 1 atom stereocenters. The first-order valence-electron chi connectivity index (χ1n) is 9.84. The molecule has 2 N–H and O–H groups in total. The van der Waals surface area contributed by atoms with Gasteiger partial charge in [-0.3, -0.25) is 4.90 Å². The van der Waals surface area contributed by atoms with Crippen LogP contribution < -0.4 is 5.73 Å². The lowest BCUT2D eigenvalue weighted by Gasteiger charge is -2.38. The summed E-state index contributed by atoms with van der Waals surface area (Å²) in [6, 6.07) is 12.4. The lowest BCUT2D eigenvalue weighted by molar-refractivity contribution is 0.0664. The largest absolute Gasteiger partial charge is 0.441 e. The van der Waals surface area contributed by atoms with Gasteiger partial charge in [-0.25, -0.2) is 9.78 Å². The van der Waals surface area contributed by atoms with Crippen LogP contribution in [0.3, 0.4) is 0 Å². The molecule has 2 aliphatic rings. The Labute approximate surface area is 174 Å². The number of benzene rings is 1. The van der Waals surface area contributed by atoms with Gasteiger partial charge in [0.25, 0.3) is 0 Å². The second-order valence-corrected chi connectivity index (χ2v) is 9.19. The lowest BCUT2D eigenvalue weighted by Crippen LogP contribution is -2.42. The van der Waals surface area contributed by atoms with E-state index in [-0.39, 0.29) is 18.2 Å². The van der Waals surface area contributed by atoms with E-state index in [0.717, 1.165) is 35.7 Å². The monoisotopic (exact) mass is 443 g/mol. The minimum atomic E-state index is -0.541. The van der Waals surface area contributed by atoms with Crippen molar-refractivity contribution in [1.29, 1.82) is 0 Å². The number of hydrogen-bond acceptors (Lipinski definition) is 4. The molecule has 28 heavy (non-hydrogen) atoms. The van der Waals surface area contributed by atoms with Gasteiger partial charge in [-0.05, 0) is 78.6 Å². The highest BCUT2D eigenvalue weighted by Crippen LogP contribution is 2.46. The first-order valence-corrected chi connectivity index (χ1v) is 10.6. The number of nitrogens with two attached hydrogens (primary N) is 1.